The van der Waals surface area contributed by atoms with E-state index in [4.69, 9.17) is 16.3 Å². The lowest BCUT2D eigenvalue weighted by Crippen LogP contribution is -2.53. The Morgan fingerprint density at radius 1 is 1.03 bits per heavy atom. The molecule has 1 unspecified atom stereocenters. The van der Waals surface area contributed by atoms with E-state index in [0.29, 0.717) is 28.2 Å². The molecule has 0 heterocycles. The van der Waals surface area contributed by atoms with Crippen molar-refractivity contribution in [3.63, 3.8) is 0 Å². The van der Waals surface area contributed by atoms with Gasteiger partial charge in [-0.15, -0.1) is 0 Å². The van der Waals surface area contributed by atoms with Crippen LogP contribution in [0.5, 0.6) is 5.75 Å². The van der Waals surface area contributed by atoms with Gasteiger partial charge in [0.2, 0.25) is 5.91 Å². The van der Waals surface area contributed by atoms with E-state index in [2.05, 4.69) is 21.2 Å². The molecule has 1 N–H and O–H groups in total. The number of carbonyl (C=O) groups is 2. The van der Waals surface area contributed by atoms with Gasteiger partial charge < -0.3 is 15.0 Å². The summed E-state index contributed by atoms with van der Waals surface area (Å²) in [6.45, 7) is 2.13. The maximum atomic E-state index is 13.7. The number of ether oxygens (including phenoxy) is 1. The van der Waals surface area contributed by atoms with Gasteiger partial charge in [-0.2, -0.15) is 0 Å². The molecule has 7 heteroatoms. The lowest BCUT2D eigenvalue weighted by atomic mass is 10.0. The Kier molecular flexibility index (Phi) is 9.64. The van der Waals surface area contributed by atoms with Crippen molar-refractivity contribution in [3.8, 4) is 5.75 Å². The normalized spacial score (nSPS) is 14.2. The van der Waals surface area contributed by atoms with Crippen molar-refractivity contribution in [3.05, 3.63) is 99.0 Å². The van der Waals surface area contributed by atoms with Gasteiger partial charge in [0.15, 0.2) is 6.61 Å². The second-order valence-electron chi connectivity index (χ2n) is 9.57. The number of hydrogen-bond donors (Lipinski definition) is 1. The van der Waals surface area contributed by atoms with Crippen molar-refractivity contribution < 1.29 is 14.3 Å². The fraction of sp³-hybridized carbons (Fsp3) is 0.333. The van der Waals surface area contributed by atoms with Crippen molar-refractivity contribution in [2.75, 3.05) is 6.61 Å². The Morgan fingerprint density at radius 3 is 2.41 bits per heavy atom. The largest absolute Gasteiger partial charge is 0.483 e. The number of amides is 2. The first-order valence-electron chi connectivity index (χ1n) is 12.7. The SMILES string of the molecule is Cc1ccc(CN(C(=O)COc2ccc(Cl)cc2Br)C(Cc2ccccc2)C(=O)NC2CCCC2)cc1. The molecule has 0 spiro atoms. The predicted molar refractivity (Wildman–Crippen MR) is 151 cm³/mol. The molecule has 0 saturated heterocycles. The fourth-order valence-corrected chi connectivity index (χ4v) is 5.42. The minimum absolute atomic E-state index is 0.121. The van der Waals surface area contributed by atoms with Gasteiger partial charge in [-0.1, -0.05) is 84.6 Å². The highest BCUT2D eigenvalue weighted by atomic mass is 79.9. The van der Waals surface area contributed by atoms with E-state index < -0.39 is 6.04 Å². The average molecular weight is 584 g/mol. The van der Waals surface area contributed by atoms with E-state index in [9.17, 15) is 9.59 Å². The number of nitrogens with one attached hydrogen (secondary N) is 1. The molecule has 1 fully saturated rings. The van der Waals surface area contributed by atoms with Crippen molar-refractivity contribution in [2.24, 2.45) is 0 Å². The maximum absolute atomic E-state index is 13.7. The van der Waals surface area contributed by atoms with Crippen molar-refractivity contribution in [1.29, 1.82) is 0 Å². The van der Waals surface area contributed by atoms with Crippen LogP contribution in [0.3, 0.4) is 0 Å². The van der Waals surface area contributed by atoms with E-state index in [1.54, 1.807) is 23.1 Å². The molecule has 1 aliphatic carbocycles. The average Bonchev–Trinajstić information content (AvgIpc) is 3.40. The van der Waals surface area contributed by atoms with Gasteiger partial charge in [0.25, 0.3) is 5.91 Å². The Morgan fingerprint density at radius 2 is 1.73 bits per heavy atom. The van der Waals surface area contributed by atoms with Gasteiger partial charge in [0.1, 0.15) is 11.8 Å². The Hall–Kier alpha value is -2.83. The predicted octanol–water partition coefficient (Wildman–Crippen LogP) is 6.49. The molecule has 37 heavy (non-hydrogen) atoms. The molecule has 0 aromatic heterocycles. The standard InChI is InChI=1S/C30H32BrClN2O3/c1-21-11-13-23(14-12-21)19-34(29(35)20-37-28-16-15-24(32)18-26(28)31)27(17-22-7-3-2-4-8-22)30(36)33-25-9-5-6-10-25/h2-4,7-8,11-16,18,25,27H,5-6,9-10,17,19-20H2,1H3,(H,33,36). The molecule has 0 bridgehead atoms. The van der Waals surface area contributed by atoms with E-state index in [0.717, 1.165) is 42.4 Å². The first kappa shape index (κ1) is 27.2. The number of rotatable bonds is 10. The van der Waals surface area contributed by atoms with Crippen molar-refractivity contribution >= 4 is 39.3 Å². The molecule has 1 aliphatic rings. The van der Waals surface area contributed by atoms with Gasteiger partial charge >= 0.3 is 0 Å². The lowest BCUT2D eigenvalue weighted by molar-refractivity contribution is -0.143. The molecule has 5 nitrogen and oxygen atoms in total. The van der Waals surface area contributed by atoms with Crippen LogP contribution in [0.1, 0.15) is 42.4 Å². The zero-order valence-electron chi connectivity index (χ0n) is 21.0. The quantitative estimate of drug-likeness (QED) is 0.297. The number of halogens is 2. The van der Waals surface area contributed by atoms with Crippen LogP contribution in [0, 0.1) is 6.92 Å². The molecule has 3 aromatic carbocycles. The van der Waals surface area contributed by atoms with E-state index in [1.165, 1.54) is 0 Å². The van der Waals surface area contributed by atoms with Crippen LogP contribution in [0.25, 0.3) is 0 Å². The summed E-state index contributed by atoms with van der Waals surface area (Å²) in [7, 11) is 0. The fourth-order valence-electron chi connectivity index (χ4n) is 4.63. The summed E-state index contributed by atoms with van der Waals surface area (Å²) in [4.78, 5) is 29.1. The number of hydrogen-bond acceptors (Lipinski definition) is 3. The van der Waals surface area contributed by atoms with Gasteiger partial charge in [-0.25, -0.2) is 0 Å². The molecular weight excluding hydrogens is 552 g/mol. The zero-order chi connectivity index (χ0) is 26.2. The third-order valence-electron chi connectivity index (χ3n) is 6.69. The van der Waals surface area contributed by atoms with Crippen LogP contribution in [0.4, 0.5) is 0 Å². The third-order valence-corrected chi connectivity index (χ3v) is 7.55. The van der Waals surface area contributed by atoms with Gasteiger partial charge in [0.05, 0.1) is 4.47 Å². The second-order valence-corrected chi connectivity index (χ2v) is 10.9. The molecule has 0 radical (unpaired) electrons. The minimum atomic E-state index is -0.672. The molecule has 0 aliphatic heterocycles. The van der Waals surface area contributed by atoms with Gasteiger partial charge in [-0.05, 0) is 65.0 Å². The number of aryl methyl sites for hydroxylation is 1. The second kappa shape index (κ2) is 13.1. The van der Waals surface area contributed by atoms with E-state index >= 15 is 0 Å². The highest BCUT2D eigenvalue weighted by molar-refractivity contribution is 9.10. The van der Waals surface area contributed by atoms with Gasteiger partial charge in [0, 0.05) is 24.0 Å². The maximum Gasteiger partial charge on any atom is 0.261 e. The van der Waals surface area contributed by atoms with Gasteiger partial charge in [-0.3, -0.25) is 9.59 Å². The minimum Gasteiger partial charge on any atom is -0.483 e. The smallest absolute Gasteiger partial charge is 0.261 e. The molecule has 4 rings (SSSR count). The summed E-state index contributed by atoms with van der Waals surface area (Å²) in [5, 5.41) is 3.79. The molecule has 3 aromatic rings. The van der Waals surface area contributed by atoms with E-state index in [-0.39, 0.29) is 24.5 Å². The Balaban J connectivity index is 1.61. The topological polar surface area (TPSA) is 58.6 Å². The van der Waals surface area contributed by atoms with Crippen LogP contribution in [0.15, 0.2) is 77.3 Å². The summed E-state index contributed by atoms with van der Waals surface area (Å²) in [6, 6.07) is 22.5. The highest BCUT2D eigenvalue weighted by Gasteiger charge is 2.32. The highest BCUT2D eigenvalue weighted by Crippen LogP contribution is 2.28. The zero-order valence-corrected chi connectivity index (χ0v) is 23.3. The number of carbonyl (C=O) groups excluding carboxylic acids is 2. The molecule has 194 valence electrons. The van der Waals surface area contributed by atoms with E-state index in [1.807, 2.05) is 61.5 Å². The van der Waals surface area contributed by atoms with Crippen LogP contribution >= 0.6 is 27.5 Å². The van der Waals surface area contributed by atoms with Crippen molar-refractivity contribution in [1.82, 2.24) is 10.2 Å². The van der Waals surface area contributed by atoms with Crippen molar-refractivity contribution in [2.45, 2.75) is 57.7 Å². The van der Waals surface area contributed by atoms with Crippen LogP contribution < -0.4 is 10.1 Å². The summed E-state index contributed by atoms with van der Waals surface area (Å²) in [6.07, 6.45) is 4.60. The first-order valence-corrected chi connectivity index (χ1v) is 13.8. The van der Waals surface area contributed by atoms with Crippen LogP contribution in [0.2, 0.25) is 5.02 Å². The molecule has 1 atom stereocenters. The molecule has 2 amide bonds. The Labute approximate surface area is 232 Å². The van der Waals surface area contributed by atoms with Crippen LogP contribution in [-0.2, 0) is 22.6 Å². The lowest BCUT2D eigenvalue weighted by Gasteiger charge is -2.32. The summed E-state index contributed by atoms with van der Waals surface area (Å²) < 4.78 is 6.54. The monoisotopic (exact) mass is 582 g/mol. The van der Waals surface area contributed by atoms with Crippen LogP contribution in [-0.4, -0.2) is 35.4 Å². The molecule has 1 saturated carbocycles. The summed E-state index contributed by atoms with van der Waals surface area (Å²) >= 11 is 9.49. The number of benzene rings is 3. The summed E-state index contributed by atoms with van der Waals surface area (Å²) in [5.74, 6) is 0.136. The summed E-state index contributed by atoms with van der Waals surface area (Å²) in [5.41, 5.74) is 3.09. The molecular formula is C30H32BrClN2O3. The third kappa shape index (κ3) is 7.83. The first-order chi connectivity index (χ1) is 17.9. The number of nitrogens with zero attached hydrogens (tertiary/aromatic N) is 1. The Bertz CT molecular complexity index is 1200.